The minimum atomic E-state index is -1.84. The second-order valence-electron chi connectivity index (χ2n) is 3.21. The highest BCUT2D eigenvalue weighted by Crippen LogP contribution is 2.33. The maximum Gasteiger partial charge on any atom is 0.266 e. The van der Waals surface area contributed by atoms with Crippen molar-refractivity contribution in [2.45, 2.75) is 30.4 Å². The van der Waals surface area contributed by atoms with E-state index in [2.05, 4.69) is 4.99 Å². The van der Waals surface area contributed by atoms with Gasteiger partial charge in [0.1, 0.15) is 5.92 Å². The van der Waals surface area contributed by atoms with Crippen LogP contribution in [0.15, 0.2) is 4.99 Å². The van der Waals surface area contributed by atoms with Crippen molar-refractivity contribution in [3.63, 3.8) is 0 Å². The van der Waals surface area contributed by atoms with E-state index in [-0.39, 0.29) is 11.8 Å². The molecule has 1 heterocycles. The van der Waals surface area contributed by atoms with Gasteiger partial charge in [0.05, 0.1) is 0 Å². The van der Waals surface area contributed by atoms with E-state index in [4.69, 9.17) is 44.3 Å². The van der Waals surface area contributed by atoms with Gasteiger partial charge in [0.2, 0.25) is 12.2 Å². The van der Waals surface area contributed by atoms with Crippen molar-refractivity contribution < 1.29 is 14.3 Å². The molecule has 0 aromatic carbocycles. The van der Waals surface area contributed by atoms with Crippen molar-refractivity contribution in [2.24, 2.45) is 10.9 Å². The molecule has 1 aliphatic rings. The van der Waals surface area contributed by atoms with Crippen molar-refractivity contribution in [1.29, 1.82) is 0 Å². The average molecular weight is 289 g/mol. The molecule has 92 valence electrons. The van der Waals surface area contributed by atoms with E-state index in [0.717, 1.165) is 0 Å². The van der Waals surface area contributed by atoms with Gasteiger partial charge in [-0.3, -0.25) is 4.79 Å². The lowest BCUT2D eigenvalue weighted by atomic mass is 10.0. The van der Waals surface area contributed by atoms with Gasteiger partial charge in [-0.15, -0.1) is 0 Å². The highest BCUT2D eigenvalue weighted by atomic mass is 35.6. The number of carbonyl (C=O) groups is 1. The summed E-state index contributed by atoms with van der Waals surface area (Å²) < 4.78 is 8.72. The van der Waals surface area contributed by atoms with Gasteiger partial charge in [0, 0.05) is 6.61 Å². The van der Waals surface area contributed by atoms with Crippen molar-refractivity contribution >= 4 is 46.6 Å². The molecular weight excluding hydrogens is 276 g/mol. The summed E-state index contributed by atoms with van der Waals surface area (Å²) in [6.07, 6.45) is -0.175. The minimum Gasteiger partial charge on any atom is -0.447 e. The summed E-state index contributed by atoms with van der Waals surface area (Å²) >= 11 is 16.8. The standard InChI is InChI=1S/C9H12Cl3NO3/c1-3-5-6(14)13-8(9(10,11)12)16-7(5)15-4-2/h5,7H,3-4H2,1-2H3. The summed E-state index contributed by atoms with van der Waals surface area (Å²) in [6, 6.07) is 0. The van der Waals surface area contributed by atoms with E-state index in [1.807, 2.05) is 6.92 Å². The van der Waals surface area contributed by atoms with Crippen LogP contribution in [0, 0.1) is 5.92 Å². The van der Waals surface area contributed by atoms with Gasteiger partial charge in [-0.05, 0) is 13.3 Å². The molecule has 0 radical (unpaired) electrons. The fourth-order valence-corrected chi connectivity index (χ4v) is 1.59. The Bertz CT molecular complexity index is 301. The predicted octanol–water partition coefficient (Wildman–Crippen LogP) is 2.70. The molecule has 0 spiro atoms. The molecule has 16 heavy (non-hydrogen) atoms. The van der Waals surface area contributed by atoms with Crippen molar-refractivity contribution in [3.05, 3.63) is 0 Å². The van der Waals surface area contributed by atoms with E-state index in [0.29, 0.717) is 13.0 Å². The molecule has 0 aromatic rings. The Labute approximate surface area is 109 Å². The summed E-state index contributed by atoms with van der Waals surface area (Å²) in [4.78, 5) is 15.3. The number of nitrogens with zero attached hydrogens (tertiary/aromatic N) is 1. The van der Waals surface area contributed by atoms with Crippen LogP contribution in [0.2, 0.25) is 0 Å². The molecular formula is C9H12Cl3NO3. The number of carbonyl (C=O) groups excluding carboxylic acids is 1. The van der Waals surface area contributed by atoms with E-state index < -0.39 is 16.0 Å². The highest BCUT2D eigenvalue weighted by molar-refractivity contribution is 6.76. The van der Waals surface area contributed by atoms with Crippen LogP contribution in [-0.4, -0.2) is 28.5 Å². The molecule has 0 bridgehead atoms. The van der Waals surface area contributed by atoms with E-state index in [1.165, 1.54) is 0 Å². The Balaban J connectivity index is 2.91. The summed E-state index contributed by atoms with van der Waals surface area (Å²) in [5.41, 5.74) is 0. The minimum absolute atomic E-state index is 0.231. The number of alkyl halides is 3. The van der Waals surface area contributed by atoms with Crippen LogP contribution >= 0.6 is 34.8 Å². The molecule has 0 fully saturated rings. The first-order valence-electron chi connectivity index (χ1n) is 4.88. The highest BCUT2D eigenvalue weighted by Gasteiger charge is 2.41. The van der Waals surface area contributed by atoms with E-state index >= 15 is 0 Å². The van der Waals surface area contributed by atoms with Crippen LogP contribution in [0.4, 0.5) is 0 Å². The van der Waals surface area contributed by atoms with Crippen LogP contribution in [-0.2, 0) is 14.3 Å². The lowest BCUT2D eigenvalue weighted by Crippen LogP contribution is -2.42. The molecule has 1 rings (SSSR count). The van der Waals surface area contributed by atoms with Gasteiger partial charge in [-0.25, -0.2) is 0 Å². The molecule has 0 saturated carbocycles. The molecule has 1 amide bonds. The zero-order valence-corrected chi connectivity index (χ0v) is 11.1. The lowest BCUT2D eigenvalue weighted by molar-refractivity contribution is -0.154. The molecule has 0 aliphatic carbocycles. The number of amides is 1. The molecule has 2 atom stereocenters. The number of hydrogen-bond donors (Lipinski definition) is 0. The Hall–Kier alpha value is -0.0300. The summed E-state index contributed by atoms with van der Waals surface area (Å²) in [5, 5.41) is 0. The Morgan fingerprint density at radius 1 is 1.44 bits per heavy atom. The first kappa shape index (κ1) is 14.0. The number of hydrogen-bond acceptors (Lipinski definition) is 3. The normalized spacial score (nSPS) is 26.3. The maximum atomic E-state index is 11.6. The smallest absolute Gasteiger partial charge is 0.266 e. The fraction of sp³-hybridized carbons (Fsp3) is 0.778. The third kappa shape index (κ3) is 3.23. The van der Waals surface area contributed by atoms with Gasteiger partial charge >= 0.3 is 0 Å². The second-order valence-corrected chi connectivity index (χ2v) is 5.49. The van der Waals surface area contributed by atoms with Crippen LogP contribution in [0.1, 0.15) is 20.3 Å². The Kier molecular flexibility index (Phi) is 4.86. The van der Waals surface area contributed by atoms with Gasteiger partial charge in [0.25, 0.3) is 9.70 Å². The van der Waals surface area contributed by atoms with E-state index in [9.17, 15) is 4.79 Å². The number of rotatable bonds is 3. The quantitative estimate of drug-likeness (QED) is 0.750. The predicted molar refractivity (Wildman–Crippen MR) is 63.0 cm³/mol. The number of halogens is 3. The summed E-state index contributed by atoms with van der Waals surface area (Å²) in [7, 11) is 0. The molecule has 4 nitrogen and oxygen atoms in total. The molecule has 0 N–H and O–H groups in total. The Morgan fingerprint density at radius 2 is 2.06 bits per heavy atom. The van der Waals surface area contributed by atoms with Crippen molar-refractivity contribution in [1.82, 2.24) is 0 Å². The van der Waals surface area contributed by atoms with Crippen molar-refractivity contribution in [3.8, 4) is 0 Å². The van der Waals surface area contributed by atoms with Crippen LogP contribution in [0.5, 0.6) is 0 Å². The molecule has 1 aliphatic heterocycles. The maximum absolute atomic E-state index is 11.6. The van der Waals surface area contributed by atoms with Crippen LogP contribution < -0.4 is 0 Å². The van der Waals surface area contributed by atoms with Gasteiger partial charge in [-0.1, -0.05) is 41.7 Å². The molecule has 7 heteroatoms. The third-order valence-corrected chi connectivity index (χ3v) is 2.58. The van der Waals surface area contributed by atoms with Gasteiger partial charge in [0.15, 0.2) is 0 Å². The second kappa shape index (κ2) is 5.54. The third-order valence-electron chi connectivity index (χ3n) is 2.10. The monoisotopic (exact) mass is 287 g/mol. The Morgan fingerprint density at radius 3 is 2.50 bits per heavy atom. The van der Waals surface area contributed by atoms with Gasteiger partial charge in [-0.2, -0.15) is 4.99 Å². The summed E-state index contributed by atoms with van der Waals surface area (Å²) in [6.45, 7) is 4.04. The zero-order valence-electron chi connectivity index (χ0n) is 8.87. The van der Waals surface area contributed by atoms with E-state index in [1.54, 1.807) is 6.92 Å². The fourth-order valence-electron chi connectivity index (χ4n) is 1.33. The number of ether oxygens (including phenoxy) is 2. The van der Waals surface area contributed by atoms with Gasteiger partial charge < -0.3 is 9.47 Å². The summed E-state index contributed by atoms with van der Waals surface area (Å²) in [5.74, 6) is -1.06. The van der Waals surface area contributed by atoms with Crippen LogP contribution in [0.3, 0.4) is 0 Å². The molecule has 0 saturated heterocycles. The molecule has 2 unspecified atom stereocenters. The largest absolute Gasteiger partial charge is 0.447 e. The first-order valence-corrected chi connectivity index (χ1v) is 6.01. The zero-order chi connectivity index (χ0) is 12.3. The first-order chi connectivity index (χ1) is 7.40. The molecule has 0 aromatic heterocycles. The number of aliphatic imine (C=N–C) groups is 1. The topological polar surface area (TPSA) is 47.9 Å². The average Bonchev–Trinajstić information content (AvgIpc) is 2.16. The SMILES string of the molecule is CCOC1OC(C(Cl)(Cl)Cl)=NC(=O)C1CC. The van der Waals surface area contributed by atoms with Crippen LogP contribution in [0.25, 0.3) is 0 Å². The van der Waals surface area contributed by atoms with Crippen molar-refractivity contribution in [2.75, 3.05) is 6.61 Å². The lowest BCUT2D eigenvalue weighted by Gasteiger charge is -2.30.